The molecule has 0 bridgehead atoms. The number of rotatable bonds is 7. The zero-order valence-corrected chi connectivity index (χ0v) is 17.0. The second kappa shape index (κ2) is 9.13. The number of halogens is 1. The van der Waals surface area contributed by atoms with Crippen LogP contribution >= 0.6 is 11.8 Å². The Labute approximate surface area is 178 Å². The Bertz CT molecular complexity index is 1020. The summed E-state index contributed by atoms with van der Waals surface area (Å²) in [5.74, 6) is 0.196. The van der Waals surface area contributed by atoms with Crippen LogP contribution < -0.4 is 4.74 Å². The number of benzene rings is 3. The molecule has 2 amide bonds. The van der Waals surface area contributed by atoms with Crippen molar-refractivity contribution in [3.8, 4) is 5.75 Å². The number of thioether (sulfide) groups is 1. The highest BCUT2D eigenvalue weighted by Crippen LogP contribution is 2.31. The highest BCUT2D eigenvalue weighted by atomic mass is 32.2. The molecule has 0 aromatic heterocycles. The second-order valence-electron chi connectivity index (χ2n) is 7.05. The van der Waals surface area contributed by atoms with Crippen molar-refractivity contribution in [3.63, 3.8) is 0 Å². The van der Waals surface area contributed by atoms with Crippen molar-refractivity contribution in [1.29, 1.82) is 0 Å². The Kier molecular flexibility index (Phi) is 6.14. The summed E-state index contributed by atoms with van der Waals surface area (Å²) in [6.45, 7) is 0.651. The van der Waals surface area contributed by atoms with Gasteiger partial charge in [0.25, 0.3) is 5.24 Å². The molecular weight excluding hydrogens is 401 g/mol. The minimum atomic E-state index is -0.450. The predicted molar refractivity (Wildman–Crippen MR) is 115 cm³/mol. The Morgan fingerprint density at radius 1 is 0.833 bits per heavy atom. The average Bonchev–Trinajstić information content (AvgIpc) is 3.03. The van der Waals surface area contributed by atoms with Crippen LogP contribution in [0.2, 0.25) is 0 Å². The lowest BCUT2D eigenvalue weighted by atomic mass is 10.1. The van der Waals surface area contributed by atoms with Gasteiger partial charge in [0.1, 0.15) is 18.2 Å². The molecule has 0 unspecified atom stereocenters. The maximum Gasteiger partial charge on any atom is 0.289 e. The van der Waals surface area contributed by atoms with Crippen LogP contribution in [0.15, 0.2) is 78.9 Å². The van der Waals surface area contributed by atoms with Crippen molar-refractivity contribution >= 4 is 22.9 Å². The molecule has 6 heteroatoms. The average molecular weight is 421 g/mol. The summed E-state index contributed by atoms with van der Waals surface area (Å²) in [6, 6.07) is 23.3. The van der Waals surface area contributed by atoms with Gasteiger partial charge in [-0.1, -0.05) is 66.4 Å². The van der Waals surface area contributed by atoms with Crippen LogP contribution in [0.3, 0.4) is 0 Å². The van der Waals surface area contributed by atoms with Crippen molar-refractivity contribution in [2.45, 2.75) is 24.8 Å². The van der Waals surface area contributed by atoms with Gasteiger partial charge in [-0.3, -0.25) is 14.5 Å². The van der Waals surface area contributed by atoms with Gasteiger partial charge in [0.15, 0.2) is 0 Å². The van der Waals surface area contributed by atoms with Crippen LogP contribution in [-0.2, 0) is 24.4 Å². The molecule has 30 heavy (non-hydrogen) atoms. The zero-order chi connectivity index (χ0) is 20.9. The quantitative estimate of drug-likeness (QED) is 0.525. The standard InChI is InChI=1S/C24H20FNO3S/c25-20-10-6-18(7-11-20)15-26-23(27)22(30-24(26)28)14-17-8-12-21(13-9-17)29-16-19-4-2-1-3-5-19/h1-13,22H,14-16H2/t22-/m0/s1. The summed E-state index contributed by atoms with van der Waals surface area (Å²) in [4.78, 5) is 26.2. The van der Waals surface area contributed by atoms with Crippen molar-refractivity contribution in [1.82, 2.24) is 4.90 Å². The van der Waals surface area contributed by atoms with Crippen LogP contribution in [0.4, 0.5) is 9.18 Å². The summed E-state index contributed by atoms with van der Waals surface area (Å²) >= 11 is 1.04. The monoisotopic (exact) mass is 421 g/mol. The van der Waals surface area contributed by atoms with E-state index < -0.39 is 5.25 Å². The van der Waals surface area contributed by atoms with E-state index in [1.165, 1.54) is 17.0 Å². The number of hydrogen-bond donors (Lipinski definition) is 0. The van der Waals surface area contributed by atoms with Crippen LogP contribution in [0.25, 0.3) is 0 Å². The Morgan fingerprint density at radius 3 is 2.20 bits per heavy atom. The van der Waals surface area contributed by atoms with Crippen LogP contribution in [-0.4, -0.2) is 21.3 Å². The third-order valence-electron chi connectivity index (χ3n) is 4.85. The zero-order valence-electron chi connectivity index (χ0n) is 16.2. The van der Waals surface area contributed by atoms with Crippen LogP contribution in [0, 0.1) is 5.82 Å². The highest BCUT2D eigenvalue weighted by Gasteiger charge is 2.39. The minimum Gasteiger partial charge on any atom is -0.489 e. The molecule has 0 saturated carbocycles. The van der Waals surface area contributed by atoms with E-state index >= 15 is 0 Å². The van der Waals surface area contributed by atoms with E-state index in [0.29, 0.717) is 13.0 Å². The van der Waals surface area contributed by atoms with E-state index in [-0.39, 0.29) is 23.5 Å². The number of carbonyl (C=O) groups excluding carboxylic acids is 2. The van der Waals surface area contributed by atoms with Gasteiger partial charge in [-0.25, -0.2) is 4.39 Å². The SMILES string of the molecule is O=C1S[C@@H](Cc2ccc(OCc3ccccc3)cc2)C(=O)N1Cc1ccc(F)cc1. The third-order valence-corrected chi connectivity index (χ3v) is 5.93. The number of imide groups is 1. The molecule has 0 aliphatic carbocycles. The van der Waals surface area contributed by atoms with Crippen molar-refractivity contribution in [3.05, 3.63) is 101 Å². The first-order chi connectivity index (χ1) is 14.6. The molecule has 4 rings (SSSR count). The second-order valence-corrected chi connectivity index (χ2v) is 8.20. The van der Waals surface area contributed by atoms with E-state index in [4.69, 9.17) is 4.74 Å². The molecule has 0 N–H and O–H groups in total. The number of hydrogen-bond acceptors (Lipinski definition) is 4. The molecular formula is C24H20FNO3S. The highest BCUT2D eigenvalue weighted by molar-refractivity contribution is 8.15. The Balaban J connectivity index is 1.34. The summed E-state index contributed by atoms with van der Waals surface area (Å²) < 4.78 is 18.8. The number of nitrogens with zero attached hydrogens (tertiary/aromatic N) is 1. The van der Waals surface area contributed by atoms with Crippen molar-refractivity contribution in [2.75, 3.05) is 0 Å². The molecule has 1 heterocycles. The van der Waals surface area contributed by atoms with E-state index in [9.17, 15) is 14.0 Å². The maximum atomic E-state index is 13.1. The largest absolute Gasteiger partial charge is 0.489 e. The lowest BCUT2D eigenvalue weighted by Gasteiger charge is -2.14. The number of ether oxygens (including phenoxy) is 1. The number of amides is 2. The van der Waals surface area contributed by atoms with Gasteiger partial charge in [0.05, 0.1) is 11.8 Å². The molecule has 152 valence electrons. The van der Waals surface area contributed by atoms with Crippen LogP contribution in [0.5, 0.6) is 5.75 Å². The summed E-state index contributed by atoms with van der Waals surface area (Å²) in [5.41, 5.74) is 2.78. The molecule has 1 aliphatic heterocycles. The van der Waals surface area contributed by atoms with E-state index in [0.717, 1.165) is 34.2 Å². The summed E-state index contributed by atoms with van der Waals surface area (Å²) in [5, 5.41) is -0.717. The maximum absolute atomic E-state index is 13.1. The third kappa shape index (κ3) is 4.89. The van der Waals surface area contributed by atoms with Gasteiger partial charge in [-0.15, -0.1) is 0 Å². The van der Waals surface area contributed by atoms with Crippen LogP contribution in [0.1, 0.15) is 16.7 Å². The van der Waals surface area contributed by atoms with E-state index in [1.54, 1.807) is 12.1 Å². The summed E-state index contributed by atoms with van der Waals surface area (Å²) in [6.07, 6.45) is 0.466. The normalized spacial score (nSPS) is 16.2. The molecule has 1 aliphatic rings. The van der Waals surface area contributed by atoms with Gasteiger partial charge in [0.2, 0.25) is 5.91 Å². The predicted octanol–water partition coefficient (Wildman–Crippen LogP) is 5.21. The topological polar surface area (TPSA) is 46.6 Å². The molecule has 1 saturated heterocycles. The van der Waals surface area contributed by atoms with Gasteiger partial charge in [-0.2, -0.15) is 0 Å². The lowest BCUT2D eigenvalue weighted by molar-refractivity contribution is -0.127. The van der Waals surface area contributed by atoms with Crippen molar-refractivity contribution < 1.29 is 18.7 Å². The van der Waals surface area contributed by atoms with Crippen molar-refractivity contribution in [2.24, 2.45) is 0 Å². The van der Waals surface area contributed by atoms with Gasteiger partial charge in [-0.05, 0) is 47.4 Å². The molecule has 1 fully saturated rings. The Morgan fingerprint density at radius 2 is 1.50 bits per heavy atom. The van der Waals surface area contributed by atoms with Gasteiger partial charge in [0, 0.05) is 0 Å². The number of carbonyl (C=O) groups is 2. The molecule has 0 radical (unpaired) electrons. The van der Waals surface area contributed by atoms with E-state index in [2.05, 4.69) is 0 Å². The van der Waals surface area contributed by atoms with E-state index in [1.807, 2.05) is 54.6 Å². The van der Waals surface area contributed by atoms with Gasteiger partial charge >= 0.3 is 0 Å². The first-order valence-corrected chi connectivity index (χ1v) is 10.5. The molecule has 1 atom stereocenters. The first kappa shape index (κ1) is 20.2. The molecule has 3 aromatic carbocycles. The molecule has 4 nitrogen and oxygen atoms in total. The fourth-order valence-corrected chi connectivity index (χ4v) is 4.25. The molecule has 3 aromatic rings. The Hall–Kier alpha value is -3.12. The summed E-state index contributed by atoms with van der Waals surface area (Å²) in [7, 11) is 0. The smallest absolute Gasteiger partial charge is 0.289 e. The molecule has 0 spiro atoms. The first-order valence-electron chi connectivity index (χ1n) is 9.60. The fourth-order valence-electron chi connectivity index (χ4n) is 3.22. The van der Waals surface area contributed by atoms with Gasteiger partial charge < -0.3 is 4.74 Å². The minimum absolute atomic E-state index is 0.160. The lowest BCUT2D eigenvalue weighted by Crippen LogP contribution is -2.31. The fraction of sp³-hybridized carbons (Fsp3) is 0.167.